The van der Waals surface area contributed by atoms with Gasteiger partial charge in [0.25, 0.3) is 0 Å². The van der Waals surface area contributed by atoms with E-state index in [2.05, 4.69) is 30.6 Å². The molecular weight excluding hydrogens is 198 g/mol. The van der Waals surface area contributed by atoms with Crippen LogP contribution in [-0.4, -0.2) is 54.6 Å². The molecule has 0 amide bonds. The number of likely N-dealkylation sites (N-methyl/N-ethyl adjacent to an activating group) is 1. The van der Waals surface area contributed by atoms with Gasteiger partial charge in [-0.25, -0.2) is 0 Å². The number of hydrogen-bond donors (Lipinski definition) is 1. The zero-order valence-corrected chi connectivity index (χ0v) is 11.3. The minimum Gasteiger partial charge on any atom is -0.329 e. The monoisotopic (exact) mass is 227 g/mol. The van der Waals surface area contributed by atoms with Crippen LogP contribution in [-0.2, 0) is 0 Å². The Hall–Kier alpha value is -0.120. The highest BCUT2D eigenvalue weighted by Gasteiger charge is 2.26. The first-order valence-corrected chi connectivity index (χ1v) is 6.91. The van der Waals surface area contributed by atoms with E-state index < -0.39 is 0 Å². The zero-order chi connectivity index (χ0) is 12.0. The Morgan fingerprint density at radius 2 is 2.06 bits per heavy atom. The van der Waals surface area contributed by atoms with Crippen molar-refractivity contribution in [2.45, 2.75) is 52.1 Å². The van der Waals surface area contributed by atoms with Gasteiger partial charge in [-0.2, -0.15) is 0 Å². The Morgan fingerprint density at radius 1 is 1.31 bits per heavy atom. The second-order valence-electron chi connectivity index (χ2n) is 5.00. The molecule has 0 aromatic rings. The average molecular weight is 227 g/mol. The van der Waals surface area contributed by atoms with Gasteiger partial charge in [0, 0.05) is 38.3 Å². The number of nitrogens with zero attached hydrogens (tertiary/aromatic N) is 2. The van der Waals surface area contributed by atoms with Crippen LogP contribution in [0, 0.1) is 0 Å². The molecule has 1 aliphatic rings. The van der Waals surface area contributed by atoms with Crippen molar-refractivity contribution in [3.05, 3.63) is 0 Å². The number of unbranched alkanes of at least 4 members (excludes halogenated alkanes) is 1. The molecule has 2 unspecified atom stereocenters. The van der Waals surface area contributed by atoms with Crippen LogP contribution in [0.25, 0.3) is 0 Å². The molecule has 1 rings (SSSR count). The summed E-state index contributed by atoms with van der Waals surface area (Å²) in [7, 11) is 0. The van der Waals surface area contributed by atoms with Gasteiger partial charge in [0.2, 0.25) is 0 Å². The van der Waals surface area contributed by atoms with Crippen molar-refractivity contribution in [2.24, 2.45) is 5.73 Å². The molecule has 96 valence electrons. The van der Waals surface area contributed by atoms with E-state index >= 15 is 0 Å². The van der Waals surface area contributed by atoms with Gasteiger partial charge in [-0.05, 0) is 19.9 Å². The summed E-state index contributed by atoms with van der Waals surface area (Å²) in [5.74, 6) is 0. The van der Waals surface area contributed by atoms with Crippen LogP contribution < -0.4 is 5.73 Å². The molecule has 2 N–H and O–H groups in total. The molecular formula is C13H29N3. The van der Waals surface area contributed by atoms with Crippen LogP contribution in [0.4, 0.5) is 0 Å². The Kier molecular flexibility index (Phi) is 6.32. The molecule has 1 saturated heterocycles. The quantitative estimate of drug-likeness (QED) is 0.747. The van der Waals surface area contributed by atoms with Crippen molar-refractivity contribution in [1.29, 1.82) is 0 Å². The predicted octanol–water partition coefficient (Wildman–Crippen LogP) is 1.53. The Bertz CT molecular complexity index is 184. The van der Waals surface area contributed by atoms with Crippen LogP contribution in [0.5, 0.6) is 0 Å². The van der Waals surface area contributed by atoms with Crippen molar-refractivity contribution >= 4 is 0 Å². The highest BCUT2D eigenvalue weighted by atomic mass is 15.3. The van der Waals surface area contributed by atoms with Crippen molar-refractivity contribution in [3.8, 4) is 0 Å². The van der Waals surface area contributed by atoms with Crippen LogP contribution in [0.2, 0.25) is 0 Å². The minimum absolute atomic E-state index is 0.612. The van der Waals surface area contributed by atoms with E-state index in [1.54, 1.807) is 0 Å². The Morgan fingerprint density at radius 3 is 2.56 bits per heavy atom. The van der Waals surface area contributed by atoms with Gasteiger partial charge in [-0.15, -0.1) is 0 Å². The van der Waals surface area contributed by atoms with Crippen LogP contribution in [0.3, 0.4) is 0 Å². The van der Waals surface area contributed by atoms with Crippen molar-refractivity contribution in [1.82, 2.24) is 9.80 Å². The Labute approximate surface area is 101 Å². The standard InChI is InChI=1S/C13H29N3/c1-4-6-7-13(10-14)16-9-8-15(5-2)12(3)11-16/h12-13H,4-11,14H2,1-3H3. The fraction of sp³-hybridized carbons (Fsp3) is 1.00. The van der Waals surface area contributed by atoms with Crippen LogP contribution in [0.1, 0.15) is 40.0 Å². The zero-order valence-electron chi connectivity index (χ0n) is 11.3. The molecule has 16 heavy (non-hydrogen) atoms. The van der Waals surface area contributed by atoms with Crippen LogP contribution >= 0.6 is 0 Å². The number of nitrogens with two attached hydrogens (primary N) is 1. The molecule has 0 bridgehead atoms. The lowest BCUT2D eigenvalue weighted by Crippen LogP contribution is -2.56. The fourth-order valence-electron chi connectivity index (χ4n) is 2.71. The molecule has 0 spiro atoms. The van der Waals surface area contributed by atoms with E-state index in [4.69, 9.17) is 5.73 Å². The number of rotatable bonds is 6. The summed E-state index contributed by atoms with van der Waals surface area (Å²) in [5, 5.41) is 0. The predicted molar refractivity (Wildman–Crippen MR) is 70.6 cm³/mol. The second kappa shape index (κ2) is 7.25. The largest absolute Gasteiger partial charge is 0.329 e. The van der Waals surface area contributed by atoms with E-state index in [-0.39, 0.29) is 0 Å². The second-order valence-corrected chi connectivity index (χ2v) is 5.00. The smallest absolute Gasteiger partial charge is 0.0219 e. The Balaban J connectivity index is 2.41. The normalized spacial score (nSPS) is 25.9. The first kappa shape index (κ1) is 13.9. The molecule has 0 aromatic carbocycles. The highest BCUT2D eigenvalue weighted by molar-refractivity contribution is 4.83. The minimum atomic E-state index is 0.612. The third kappa shape index (κ3) is 3.72. The molecule has 3 heteroatoms. The molecule has 0 aliphatic carbocycles. The number of hydrogen-bond acceptors (Lipinski definition) is 3. The fourth-order valence-corrected chi connectivity index (χ4v) is 2.71. The average Bonchev–Trinajstić information content (AvgIpc) is 2.30. The maximum atomic E-state index is 5.90. The summed E-state index contributed by atoms with van der Waals surface area (Å²) in [4.78, 5) is 5.16. The molecule has 1 heterocycles. The van der Waals surface area contributed by atoms with Gasteiger partial charge in [-0.3, -0.25) is 9.80 Å². The van der Waals surface area contributed by atoms with Gasteiger partial charge in [0.15, 0.2) is 0 Å². The molecule has 0 radical (unpaired) electrons. The van der Waals surface area contributed by atoms with Gasteiger partial charge in [-0.1, -0.05) is 26.7 Å². The van der Waals surface area contributed by atoms with Crippen LogP contribution in [0.15, 0.2) is 0 Å². The van der Waals surface area contributed by atoms with Gasteiger partial charge >= 0.3 is 0 Å². The van der Waals surface area contributed by atoms with Crippen molar-refractivity contribution < 1.29 is 0 Å². The summed E-state index contributed by atoms with van der Waals surface area (Å²) in [6, 6.07) is 1.30. The van der Waals surface area contributed by atoms with Crippen molar-refractivity contribution in [3.63, 3.8) is 0 Å². The topological polar surface area (TPSA) is 32.5 Å². The lowest BCUT2D eigenvalue weighted by molar-refractivity contribution is 0.0577. The third-order valence-electron chi connectivity index (χ3n) is 3.88. The first-order valence-electron chi connectivity index (χ1n) is 6.91. The number of piperazine rings is 1. The highest BCUT2D eigenvalue weighted by Crippen LogP contribution is 2.15. The molecule has 3 nitrogen and oxygen atoms in total. The maximum absolute atomic E-state index is 5.90. The molecule has 2 atom stereocenters. The molecule has 1 fully saturated rings. The summed E-state index contributed by atoms with van der Waals surface area (Å²) in [6.45, 7) is 12.4. The van der Waals surface area contributed by atoms with E-state index in [0.29, 0.717) is 12.1 Å². The van der Waals surface area contributed by atoms with Gasteiger partial charge < -0.3 is 5.73 Å². The van der Waals surface area contributed by atoms with Gasteiger partial charge in [0.05, 0.1) is 0 Å². The summed E-state index contributed by atoms with van der Waals surface area (Å²) in [6.07, 6.45) is 3.86. The van der Waals surface area contributed by atoms with E-state index in [9.17, 15) is 0 Å². The molecule has 0 aromatic heterocycles. The van der Waals surface area contributed by atoms with E-state index in [1.165, 1.54) is 45.4 Å². The summed E-state index contributed by atoms with van der Waals surface area (Å²) >= 11 is 0. The summed E-state index contributed by atoms with van der Waals surface area (Å²) < 4.78 is 0. The van der Waals surface area contributed by atoms with E-state index in [0.717, 1.165) is 6.54 Å². The third-order valence-corrected chi connectivity index (χ3v) is 3.88. The van der Waals surface area contributed by atoms with E-state index in [1.807, 2.05) is 0 Å². The maximum Gasteiger partial charge on any atom is 0.0219 e. The first-order chi connectivity index (χ1) is 7.72. The van der Waals surface area contributed by atoms with Gasteiger partial charge in [0.1, 0.15) is 0 Å². The lowest BCUT2D eigenvalue weighted by atomic mass is 10.1. The summed E-state index contributed by atoms with van der Waals surface area (Å²) in [5.41, 5.74) is 5.90. The van der Waals surface area contributed by atoms with Crippen molar-refractivity contribution in [2.75, 3.05) is 32.7 Å². The molecule has 1 aliphatic heterocycles. The SMILES string of the molecule is CCCCC(CN)N1CCN(CC)C(C)C1. The lowest BCUT2D eigenvalue weighted by Gasteiger charge is -2.42. The molecule has 0 saturated carbocycles.